The number of para-hydroxylation sites is 2. The first kappa shape index (κ1) is 29.3. The smallest absolute Gasteiger partial charge is 0.253 e. The first-order valence-electron chi connectivity index (χ1n) is 15.5. The molecule has 0 radical (unpaired) electrons. The van der Waals surface area contributed by atoms with Gasteiger partial charge in [0.15, 0.2) is 0 Å². The van der Waals surface area contributed by atoms with Gasteiger partial charge in [-0.2, -0.15) is 0 Å². The molecular weight excluding hydrogens is 542 g/mol. The number of nitrogens with zero attached hydrogens (tertiary/aromatic N) is 3. The van der Waals surface area contributed by atoms with Crippen molar-refractivity contribution in [2.24, 2.45) is 11.8 Å². The summed E-state index contributed by atoms with van der Waals surface area (Å²) in [7, 11) is 0. The van der Waals surface area contributed by atoms with Gasteiger partial charge in [-0.1, -0.05) is 67.6 Å². The summed E-state index contributed by atoms with van der Waals surface area (Å²) in [6, 6.07) is 14.6. The lowest BCUT2D eigenvalue weighted by molar-refractivity contribution is -0.145. The van der Waals surface area contributed by atoms with E-state index < -0.39 is 29.1 Å². The summed E-state index contributed by atoms with van der Waals surface area (Å²) in [5, 5.41) is 9.36. The number of benzene rings is 2. The number of carbonyl (C=O) groups excluding carboxylic acids is 3. The molecule has 226 valence electrons. The SMILES string of the molecule is CC[C@@]12C=CCN(c3ccccc3)C(=O)[C@@H]1[C@H]1C(=O)N(CCCCCO)C3C(=O)N(c4c(C)cccc4C)CC=C[C@@]31O2. The van der Waals surface area contributed by atoms with E-state index in [1.54, 1.807) is 14.7 Å². The summed E-state index contributed by atoms with van der Waals surface area (Å²) in [6.45, 7) is 7.12. The fourth-order valence-electron chi connectivity index (χ4n) is 7.84. The summed E-state index contributed by atoms with van der Waals surface area (Å²) in [5.74, 6) is -2.22. The number of aryl methyl sites for hydroxylation is 2. The quantitative estimate of drug-likeness (QED) is 0.369. The molecule has 4 aliphatic heterocycles. The van der Waals surface area contributed by atoms with Gasteiger partial charge in [0.05, 0.1) is 17.4 Å². The zero-order chi connectivity index (χ0) is 30.4. The van der Waals surface area contributed by atoms with E-state index in [1.807, 2.05) is 93.6 Å². The lowest BCUT2D eigenvalue weighted by Gasteiger charge is -2.39. The number of aliphatic hydroxyl groups excluding tert-OH is 1. The lowest BCUT2D eigenvalue weighted by Crippen LogP contribution is -2.56. The van der Waals surface area contributed by atoms with Crippen molar-refractivity contribution in [3.05, 3.63) is 84.0 Å². The van der Waals surface area contributed by atoms with Crippen molar-refractivity contribution >= 4 is 29.1 Å². The molecular formula is C35H41N3O5. The molecule has 8 nitrogen and oxygen atoms in total. The number of carbonyl (C=O) groups is 3. The molecule has 2 aromatic rings. The third-order valence-corrected chi connectivity index (χ3v) is 9.77. The minimum atomic E-state index is -1.29. The third-order valence-electron chi connectivity index (χ3n) is 9.77. The summed E-state index contributed by atoms with van der Waals surface area (Å²) in [4.78, 5) is 49.2. The average Bonchev–Trinajstić information content (AvgIpc) is 3.29. The van der Waals surface area contributed by atoms with Crippen LogP contribution in [-0.4, -0.2) is 71.2 Å². The molecule has 4 aliphatic rings. The second-order valence-electron chi connectivity index (χ2n) is 12.2. The average molecular weight is 584 g/mol. The van der Waals surface area contributed by atoms with E-state index in [0.717, 1.165) is 28.9 Å². The van der Waals surface area contributed by atoms with Crippen molar-refractivity contribution in [1.82, 2.24) is 4.90 Å². The standard InChI is InChI=1S/C35H41N3O5/c1-4-34-18-12-21-36(26-16-7-5-8-17-26)31(40)27(34)28-32(41)38(20-9-6-10-23-39)30-33(42)37(22-13-19-35(28,30)43-34)29-24(2)14-11-15-25(29)3/h5,7-8,11-19,27-28,30,39H,4,6,9-10,20-23H2,1-3H3/t27-,28-,30?,34+,35-/m0/s1. The molecule has 2 saturated heterocycles. The second-order valence-corrected chi connectivity index (χ2v) is 12.2. The molecule has 5 atom stereocenters. The Morgan fingerprint density at radius 2 is 1.51 bits per heavy atom. The maximum Gasteiger partial charge on any atom is 0.253 e. The predicted octanol–water partition coefficient (Wildman–Crippen LogP) is 4.33. The number of aliphatic hydroxyl groups is 1. The number of likely N-dealkylation sites (tertiary alicyclic amines) is 1. The van der Waals surface area contributed by atoms with Crippen LogP contribution in [0.5, 0.6) is 0 Å². The maximum atomic E-state index is 14.8. The Kier molecular flexibility index (Phi) is 7.77. The van der Waals surface area contributed by atoms with Crippen molar-refractivity contribution in [2.75, 3.05) is 36.0 Å². The number of hydrogen-bond donors (Lipinski definition) is 1. The molecule has 43 heavy (non-hydrogen) atoms. The molecule has 6 rings (SSSR count). The Morgan fingerprint density at radius 3 is 2.21 bits per heavy atom. The molecule has 1 unspecified atom stereocenters. The van der Waals surface area contributed by atoms with Gasteiger partial charge in [-0.25, -0.2) is 0 Å². The molecule has 2 aromatic carbocycles. The van der Waals surface area contributed by atoms with Gasteiger partial charge in [0, 0.05) is 37.6 Å². The van der Waals surface area contributed by atoms with Crippen LogP contribution in [0, 0.1) is 25.7 Å². The summed E-state index contributed by atoms with van der Waals surface area (Å²) in [5.41, 5.74) is 1.24. The molecule has 1 N–H and O–H groups in total. The van der Waals surface area contributed by atoms with E-state index >= 15 is 0 Å². The maximum absolute atomic E-state index is 14.8. The van der Waals surface area contributed by atoms with Crippen molar-refractivity contribution in [2.45, 2.75) is 63.7 Å². The monoisotopic (exact) mass is 583 g/mol. The van der Waals surface area contributed by atoms with Gasteiger partial charge in [0.2, 0.25) is 11.8 Å². The molecule has 4 heterocycles. The van der Waals surface area contributed by atoms with Crippen LogP contribution >= 0.6 is 0 Å². The molecule has 0 aliphatic carbocycles. The molecule has 0 aromatic heterocycles. The fourth-order valence-corrected chi connectivity index (χ4v) is 7.84. The number of rotatable bonds is 8. The van der Waals surface area contributed by atoms with Gasteiger partial charge in [0.1, 0.15) is 11.6 Å². The summed E-state index contributed by atoms with van der Waals surface area (Å²) >= 11 is 0. The second kappa shape index (κ2) is 11.4. The Morgan fingerprint density at radius 1 is 0.814 bits per heavy atom. The highest BCUT2D eigenvalue weighted by Crippen LogP contribution is 2.59. The minimum absolute atomic E-state index is 0.0757. The molecule has 3 amide bonds. The van der Waals surface area contributed by atoms with Crippen molar-refractivity contribution in [1.29, 1.82) is 0 Å². The number of hydrogen-bond acceptors (Lipinski definition) is 5. The van der Waals surface area contributed by atoms with Crippen LogP contribution in [0.15, 0.2) is 72.8 Å². The number of amides is 3. The number of anilines is 2. The van der Waals surface area contributed by atoms with E-state index in [-0.39, 0.29) is 24.3 Å². The Hall–Kier alpha value is -3.75. The summed E-state index contributed by atoms with van der Waals surface area (Å²) < 4.78 is 7.10. The molecule has 2 fully saturated rings. The Labute approximate surface area is 253 Å². The van der Waals surface area contributed by atoms with Crippen LogP contribution in [-0.2, 0) is 19.1 Å². The zero-order valence-corrected chi connectivity index (χ0v) is 25.2. The van der Waals surface area contributed by atoms with Crippen LogP contribution in [0.1, 0.15) is 43.7 Å². The van der Waals surface area contributed by atoms with Gasteiger partial charge >= 0.3 is 0 Å². The van der Waals surface area contributed by atoms with E-state index in [4.69, 9.17) is 4.74 Å². The predicted molar refractivity (Wildman–Crippen MR) is 166 cm³/mol. The number of ether oxygens (including phenoxy) is 1. The lowest BCUT2D eigenvalue weighted by atomic mass is 9.73. The third kappa shape index (κ3) is 4.54. The fraction of sp³-hybridized carbons (Fsp3) is 0.457. The van der Waals surface area contributed by atoms with Crippen molar-refractivity contribution in [3.63, 3.8) is 0 Å². The van der Waals surface area contributed by atoms with Gasteiger partial charge in [-0.3, -0.25) is 14.4 Å². The van der Waals surface area contributed by atoms with Crippen molar-refractivity contribution < 1.29 is 24.2 Å². The first-order chi connectivity index (χ1) is 20.8. The Balaban J connectivity index is 1.48. The number of unbranched alkanes of at least 4 members (excludes halogenated alkanes) is 2. The van der Waals surface area contributed by atoms with Gasteiger partial charge in [0.25, 0.3) is 5.91 Å². The molecule has 0 saturated carbocycles. The van der Waals surface area contributed by atoms with Crippen LogP contribution in [0.4, 0.5) is 11.4 Å². The van der Waals surface area contributed by atoms with Gasteiger partial charge < -0.3 is 24.5 Å². The highest BCUT2D eigenvalue weighted by Gasteiger charge is 2.75. The topological polar surface area (TPSA) is 90.4 Å². The van der Waals surface area contributed by atoms with Crippen LogP contribution in [0.25, 0.3) is 0 Å². The van der Waals surface area contributed by atoms with E-state index in [9.17, 15) is 19.5 Å². The Bertz CT molecular complexity index is 1450. The van der Waals surface area contributed by atoms with E-state index in [0.29, 0.717) is 38.9 Å². The van der Waals surface area contributed by atoms with Crippen molar-refractivity contribution in [3.8, 4) is 0 Å². The minimum Gasteiger partial charge on any atom is -0.396 e. The highest BCUT2D eigenvalue weighted by molar-refractivity contribution is 6.08. The van der Waals surface area contributed by atoms with Gasteiger partial charge in [-0.15, -0.1) is 0 Å². The van der Waals surface area contributed by atoms with Crippen LogP contribution in [0.2, 0.25) is 0 Å². The first-order valence-corrected chi connectivity index (χ1v) is 15.5. The zero-order valence-electron chi connectivity index (χ0n) is 25.2. The normalized spacial score (nSPS) is 29.9. The highest BCUT2D eigenvalue weighted by atomic mass is 16.5. The largest absolute Gasteiger partial charge is 0.396 e. The molecule has 8 heteroatoms. The van der Waals surface area contributed by atoms with Crippen LogP contribution in [0.3, 0.4) is 0 Å². The molecule has 0 bridgehead atoms. The summed E-state index contributed by atoms with van der Waals surface area (Å²) in [6.07, 6.45) is 10.3. The number of fused-ring (bicyclic) bond motifs is 2. The van der Waals surface area contributed by atoms with Crippen LogP contribution < -0.4 is 9.80 Å². The molecule has 1 spiro atoms. The van der Waals surface area contributed by atoms with E-state index in [1.165, 1.54) is 0 Å². The van der Waals surface area contributed by atoms with Gasteiger partial charge in [-0.05, 0) is 62.8 Å². The van der Waals surface area contributed by atoms with E-state index in [2.05, 4.69) is 0 Å².